The van der Waals surface area contributed by atoms with E-state index in [0.29, 0.717) is 50.9 Å². The predicted octanol–water partition coefficient (Wildman–Crippen LogP) is 3.09. The first-order valence-electron chi connectivity index (χ1n) is 10.2. The minimum absolute atomic E-state index is 0.248. The summed E-state index contributed by atoms with van der Waals surface area (Å²) in [6, 6.07) is 15.0. The van der Waals surface area contributed by atoms with Gasteiger partial charge in [-0.15, -0.1) is 11.3 Å². The number of ether oxygens (including phenoxy) is 2. The fraction of sp³-hybridized carbons (Fsp3) is 0.318. The number of rotatable bonds is 5. The molecule has 1 aromatic heterocycles. The first kappa shape index (κ1) is 20.4. The fourth-order valence-corrected chi connectivity index (χ4v) is 6.06. The first-order valence-corrected chi connectivity index (χ1v) is 12.5. The number of thiazole rings is 1. The highest BCUT2D eigenvalue weighted by atomic mass is 32.2. The molecule has 3 aromatic rings. The van der Waals surface area contributed by atoms with Crippen LogP contribution in [0.25, 0.3) is 11.3 Å². The number of hydrogen-bond acceptors (Lipinski definition) is 7. The fourth-order valence-electron chi connectivity index (χ4n) is 3.78. The Labute approximate surface area is 185 Å². The van der Waals surface area contributed by atoms with E-state index in [1.807, 2.05) is 18.2 Å². The van der Waals surface area contributed by atoms with Crippen LogP contribution in [0.5, 0.6) is 11.5 Å². The van der Waals surface area contributed by atoms with Crippen molar-refractivity contribution in [3.63, 3.8) is 0 Å². The third kappa shape index (κ3) is 4.31. The summed E-state index contributed by atoms with van der Waals surface area (Å²) in [7, 11) is -3.57. The van der Waals surface area contributed by atoms with Crippen LogP contribution in [0.2, 0.25) is 0 Å². The summed E-state index contributed by atoms with van der Waals surface area (Å²) in [5, 5.41) is 3.12. The maximum absolute atomic E-state index is 13.1. The highest BCUT2D eigenvalue weighted by Crippen LogP contribution is 2.33. The zero-order chi connectivity index (χ0) is 21.3. The van der Waals surface area contributed by atoms with Crippen LogP contribution in [0.3, 0.4) is 0 Å². The molecule has 0 aliphatic carbocycles. The standard InChI is InChI=1S/C22H23N3O4S2/c26-31(27,18-6-7-20-21(14-18)29-13-12-28-20)25-10-8-24(9-11-25)15-22-23-19(16-30-22)17-4-2-1-3-5-17/h1-7,14,16H,8-13,15H2. The number of nitrogens with zero attached hydrogens (tertiary/aromatic N) is 3. The van der Waals surface area contributed by atoms with Crippen LogP contribution in [-0.2, 0) is 16.6 Å². The smallest absolute Gasteiger partial charge is 0.243 e. The highest BCUT2D eigenvalue weighted by molar-refractivity contribution is 7.89. The molecule has 0 N–H and O–H groups in total. The molecule has 0 unspecified atom stereocenters. The minimum Gasteiger partial charge on any atom is -0.486 e. The van der Waals surface area contributed by atoms with Crippen LogP contribution in [0, 0.1) is 0 Å². The second-order valence-corrected chi connectivity index (χ2v) is 10.4. The van der Waals surface area contributed by atoms with Gasteiger partial charge in [-0.2, -0.15) is 4.31 Å². The summed E-state index contributed by atoms with van der Waals surface area (Å²) in [4.78, 5) is 7.25. The van der Waals surface area contributed by atoms with Gasteiger partial charge in [0.15, 0.2) is 11.5 Å². The Morgan fingerprint density at radius 2 is 1.68 bits per heavy atom. The zero-order valence-electron chi connectivity index (χ0n) is 16.9. The van der Waals surface area contributed by atoms with Crippen LogP contribution in [0.1, 0.15) is 5.01 Å². The van der Waals surface area contributed by atoms with E-state index in [4.69, 9.17) is 14.5 Å². The van der Waals surface area contributed by atoms with Crippen molar-refractivity contribution in [2.24, 2.45) is 0 Å². The molecule has 0 saturated carbocycles. The van der Waals surface area contributed by atoms with Gasteiger partial charge in [0.1, 0.15) is 18.2 Å². The summed E-state index contributed by atoms with van der Waals surface area (Å²) < 4.78 is 38.8. The molecule has 0 amide bonds. The number of piperazine rings is 1. The van der Waals surface area contributed by atoms with Crippen LogP contribution in [0.4, 0.5) is 0 Å². The second-order valence-electron chi connectivity index (χ2n) is 7.48. The average Bonchev–Trinajstić information content (AvgIpc) is 3.28. The van der Waals surface area contributed by atoms with Gasteiger partial charge in [-0.3, -0.25) is 4.90 Å². The molecule has 2 aliphatic heterocycles. The predicted molar refractivity (Wildman–Crippen MR) is 119 cm³/mol. The molecule has 5 rings (SSSR count). The molecule has 1 saturated heterocycles. The first-order chi connectivity index (χ1) is 15.1. The second kappa shape index (κ2) is 8.58. The highest BCUT2D eigenvalue weighted by Gasteiger charge is 2.30. The zero-order valence-corrected chi connectivity index (χ0v) is 18.6. The summed E-state index contributed by atoms with van der Waals surface area (Å²) in [5.74, 6) is 1.08. The third-order valence-electron chi connectivity index (χ3n) is 5.46. The van der Waals surface area contributed by atoms with Crippen LogP contribution < -0.4 is 9.47 Å². The Hall–Kier alpha value is -2.46. The monoisotopic (exact) mass is 457 g/mol. The molecule has 0 radical (unpaired) electrons. The van der Waals surface area contributed by atoms with E-state index < -0.39 is 10.0 Å². The van der Waals surface area contributed by atoms with Crippen molar-refractivity contribution in [3.05, 3.63) is 58.9 Å². The molecular weight excluding hydrogens is 434 g/mol. The Balaban J connectivity index is 1.22. The minimum atomic E-state index is -3.57. The van der Waals surface area contributed by atoms with Gasteiger partial charge in [-0.25, -0.2) is 13.4 Å². The lowest BCUT2D eigenvalue weighted by atomic mass is 10.2. The van der Waals surface area contributed by atoms with E-state index in [-0.39, 0.29) is 4.90 Å². The topological polar surface area (TPSA) is 72.0 Å². The van der Waals surface area contributed by atoms with Crippen molar-refractivity contribution in [1.29, 1.82) is 0 Å². The molecule has 9 heteroatoms. The Morgan fingerprint density at radius 3 is 2.45 bits per heavy atom. The van der Waals surface area contributed by atoms with Crippen molar-refractivity contribution < 1.29 is 17.9 Å². The van der Waals surface area contributed by atoms with Gasteiger partial charge in [0.05, 0.1) is 17.1 Å². The van der Waals surface area contributed by atoms with Gasteiger partial charge < -0.3 is 9.47 Å². The van der Waals surface area contributed by atoms with Crippen molar-refractivity contribution in [2.45, 2.75) is 11.4 Å². The lowest BCUT2D eigenvalue weighted by Crippen LogP contribution is -2.48. The normalized spacial score (nSPS) is 17.5. The summed E-state index contributed by atoms with van der Waals surface area (Å²) >= 11 is 1.64. The van der Waals surface area contributed by atoms with Crippen LogP contribution in [-0.4, -0.2) is 62.0 Å². The molecule has 0 spiro atoms. The van der Waals surface area contributed by atoms with E-state index in [1.165, 1.54) is 0 Å². The van der Waals surface area contributed by atoms with Gasteiger partial charge in [-0.1, -0.05) is 30.3 Å². The largest absolute Gasteiger partial charge is 0.486 e. The molecule has 1 fully saturated rings. The van der Waals surface area contributed by atoms with E-state index in [9.17, 15) is 8.42 Å². The number of fused-ring (bicyclic) bond motifs is 1. The molecule has 2 aromatic carbocycles. The maximum Gasteiger partial charge on any atom is 0.243 e. The summed E-state index contributed by atoms with van der Waals surface area (Å²) in [5.41, 5.74) is 2.10. The molecule has 7 nitrogen and oxygen atoms in total. The third-order valence-corrected chi connectivity index (χ3v) is 8.19. The molecule has 31 heavy (non-hydrogen) atoms. The van der Waals surface area contributed by atoms with Crippen molar-refractivity contribution >= 4 is 21.4 Å². The van der Waals surface area contributed by atoms with Crippen molar-refractivity contribution in [2.75, 3.05) is 39.4 Å². The number of benzene rings is 2. The quantitative estimate of drug-likeness (QED) is 0.586. The van der Waals surface area contributed by atoms with Gasteiger partial charge in [0, 0.05) is 43.2 Å². The Morgan fingerprint density at radius 1 is 0.935 bits per heavy atom. The summed E-state index contributed by atoms with van der Waals surface area (Å²) in [6.45, 7) is 3.88. The summed E-state index contributed by atoms with van der Waals surface area (Å²) in [6.07, 6.45) is 0. The lowest BCUT2D eigenvalue weighted by molar-refractivity contribution is 0.170. The van der Waals surface area contributed by atoms with Crippen molar-refractivity contribution in [3.8, 4) is 22.8 Å². The molecular formula is C22H23N3O4S2. The van der Waals surface area contributed by atoms with Gasteiger partial charge in [0.25, 0.3) is 0 Å². The van der Waals surface area contributed by atoms with E-state index in [2.05, 4.69) is 22.4 Å². The molecule has 3 heterocycles. The molecule has 2 aliphatic rings. The Bertz CT molecular complexity index is 1160. The average molecular weight is 458 g/mol. The van der Waals surface area contributed by atoms with Gasteiger partial charge in [-0.05, 0) is 12.1 Å². The van der Waals surface area contributed by atoms with Crippen LogP contribution >= 0.6 is 11.3 Å². The van der Waals surface area contributed by atoms with Gasteiger partial charge >= 0.3 is 0 Å². The molecule has 0 bridgehead atoms. The maximum atomic E-state index is 13.1. The van der Waals surface area contributed by atoms with Crippen LogP contribution in [0.15, 0.2) is 58.8 Å². The Kier molecular flexibility index (Phi) is 5.66. The van der Waals surface area contributed by atoms with Crippen molar-refractivity contribution in [1.82, 2.24) is 14.2 Å². The van der Waals surface area contributed by atoms with E-state index in [0.717, 1.165) is 22.8 Å². The number of aromatic nitrogens is 1. The van der Waals surface area contributed by atoms with E-state index in [1.54, 1.807) is 33.8 Å². The number of sulfonamides is 1. The number of hydrogen-bond donors (Lipinski definition) is 0. The van der Waals surface area contributed by atoms with E-state index >= 15 is 0 Å². The molecule has 0 atom stereocenters. The lowest BCUT2D eigenvalue weighted by Gasteiger charge is -2.33. The van der Waals surface area contributed by atoms with Gasteiger partial charge in [0.2, 0.25) is 10.0 Å². The molecule has 162 valence electrons. The SMILES string of the molecule is O=S(=O)(c1ccc2c(c1)OCCO2)N1CCN(Cc2nc(-c3ccccc3)cs2)CC1.